The minimum atomic E-state index is -1.59. The maximum absolute atomic E-state index is 14.9. The zero-order valence-corrected chi connectivity index (χ0v) is 27.1. The summed E-state index contributed by atoms with van der Waals surface area (Å²) >= 11 is 0. The molecule has 250 valence electrons. The van der Waals surface area contributed by atoms with Crippen molar-refractivity contribution < 1.29 is 19.4 Å². The molecule has 0 aliphatic carbocycles. The zero-order chi connectivity index (χ0) is 34.8. The van der Waals surface area contributed by atoms with Gasteiger partial charge in [-0.15, -0.1) is 0 Å². The van der Waals surface area contributed by atoms with Crippen molar-refractivity contribution in [2.24, 2.45) is 15.2 Å². The molecule has 0 aromatic heterocycles. The van der Waals surface area contributed by atoms with Crippen LogP contribution in [-0.2, 0) is 29.0 Å². The number of aliphatic imine (C=N–C) groups is 1. The Bertz CT molecular complexity index is 2120. The lowest BCUT2D eigenvalue weighted by Gasteiger charge is -2.32. The van der Waals surface area contributed by atoms with Crippen LogP contribution in [-0.4, -0.2) is 35.7 Å². The fourth-order valence-corrected chi connectivity index (χ4v) is 6.17. The minimum absolute atomic E-state index is 0.0237. The molecule has 5 aromatic rings. The lowest BCUT2D eigenvalue weighted by molar-refractivity contribution is -0.129. The van der Waals surface area contributed by atoms with E-state index in [0.717, 1.165) is 16.3 Å². The average molecular weight is 667 g/mol. The molecule has 1 heterocycles. The number of benzene rings is 5. The number of rotatable bonds is 14. The Morgan fingerprint density at radius 3 is 2.40 bits per heavy atom. The molecule has 0 spiro atoms. The highest BCUT2D eigenvalue weighted by Crippen LogP contribution is 2.45. The first-order valence-electron chi connectivity index (χ1n) is 16.1. The number of hydrogen-bond acceptors (Lipinski definition) is 7. The van der Waals surface area contributed by atoms with Gasteiger partial charge in [0.1, 0.15) is 5.75 Å². The quantitative estimate of drug-likeness (QED) is 0.0526. The van der Waals surface area contributed by atoms with E-state index >= 15 is 0 Å². The summed E-state index contributed by atoms with van der Waals surface area (Å²) in [6, 6.07) is 35.5. The third-order valence-corrected chi connectivity index (χ3v) is 8.60. The second-order valence-electron chi connectivity index (χ2n) is 11.7. The lowest BCUT2D eigenvalue weighted by Crippen LogP contribution is -2.50. The number of nitrogens with zero attached hydrogens (tertiary/aromatic N) is 7. The van der Waals surface area contributed by atoms with Crippen LogP contribution in [0.1, 0.15) is 40.3 Å². The molecule has 1 aliphatic heterocycles. The first-order chi connectivity index (χ1) is 24.6. The molecule has 50 heavy (non-hydrogen) atoms. The van der Waals surface area contributed by atoms with E-state index in [0.29, 0.717) is 46.7 Å². The van der Waals surface area contributed by atoms with E-state index in [1.54, 1.807) is 42.5 Å². The summed E-state index contributed by atoms with van der Waals surface area (Å²) < 4.78 is 12.4. The number of hydrogen-bond donors (Lipinski definition) is 2. The molecule has 0 unspecified atom stereocenters. The van der Waals surface area contributed by atoms with E-state index < -0.39 is 17.6 Å². The highest BCUT2D eigenvalue weighted by molar-refractivity contribution is 6.01. The Labute approximate surface area is 288 Å². The van der Waals surface area contributed by atoms with Crippen LogP contribution in [0, 0.1) is 0 Å². The van der Waals surface area contributed by atoms with Gasteiger partial charge in [-0.3, -0.25) is 4.79 Å². The van der Waals surface area contributed by atoms with Crippen molar-refractivity contribution >= 4 is 28.3 Å². The fraction of sp³-hybridized carbons (Fsp3) is 0.211. The molecule has 1 amide bonds. The first kappa shape index (κ1) is 33.6. The van der Waals surface area contributed by atoms with Crippen LogP contribution >= 0.6 is 0 Å². The predicted octanol–water partition coefficient (Wildman–Crippen LogP) is 8.17. The van der Waals surface area contributed by atoms with Gasteiger partial charge in [0, 0.05) is 47.1 Å². The molecule has 2 N–H and O–H groups in total. The van der Waals surface area contributed by atoms with E-state index in [2.05, 4.69) is 25.4 Å². The average Bonchev–Trinajstić information content (AvgIpc) is 3.54. The first-order valence-corrected chi connectivity index (χ1v) is 16.1. The van der Waals surface area contributed by atoms with Crippen LogP contribution in [0.2, 0.25) is 0 Å². The second kappa shape index (κ2) is 15.7. The maximum atomic E-state index is 14.9. The molecule has 1 aliphatic rings. The van der Waals surface area contributed by atoms with Crippen molar-refractivity contribution in [1.29, 1.82) is 0 Å². The van der Waals surface area contributed by atoms with Crippen LogP contribution in [0.25, 0.3) is 31.7 Å². The second-order valence-corrected chi connectivity index (χ2v) is 11.7. The number of nitrogens with one attached hydrogen (secondary N) is 1. The topological polar surface area (TPSA) is 178 Å². The van der Waals surface area contributed by atoms with E-state index in [-0.39, 0.29) is 32.0 Å². The predicted molar refractivity (Wildman–Crippen MR) is 191 cm³/mol. The van der Waals surface area contributed by atoms with Gasteiger partial charge in [-0.2, -0.15) is 0 Å². The van der Waals surface area contributed by atoms with Gasteiger partial charge in [0.05, 0.1) is 13.2 Å². The van der Waals surface area contributed by atoms with Gasteiger partial charge in [-0.05, 0) is 68.4 Å². The zero-order valence-electron chi connectivity index (χ0n) is 27.1. The number of azide groups is 2. The third kappa shape index (κ3) is 7.23. The molecule has 0 fully saturated rings. The molecule has 12 nitrogen and oxygen atoms in total. The number of carbonyl (C=O) groups excluding carboxylic acids is 1. The van der Waals surface area contributed by atoms with Crippen LogP contribution < -0.4 is 10.1 Å². The summed E-state index contributed by atoms with van der Waals surface area (Å²) in [7, 11) is 0. The standard InChI is InChI=1S/C38H34N8O4/c39-45-42-25-30-11-2-5-15-33(30)35-38(23-28-10-3-6-16-34(28)44-46-40,37(48)41-24-29-13-7-12-26-9-1-4-14-32(26)29)43-36(50-35)27-17-19-31(20-18-27)49-22-8-21-47/h1-7,9-20,35,47H,8,21-25H2,(H,41,48)/t35-,38-/m1/s1. The van der Waals surface area contributed by atoms with Crippen molar-refractivity contribution in [3.63, 3.8) is 0 Å². The Balaban J connectivity index is 1.48. The van der Waals surface area contributed by atoms with Crippen molar-refractivity contribution in [1.82, 2.24) is 5.32 Å². The summed E-state index contributed by atoms with van der Waals surface area (Å²) in [5.74, 6) is 0.445. The number of amides is 1. The monoisotopic (exact) mass is 666 g/mol. The highest BCUT2D eigenvalue weighted by atomic mass is 16.5. The van der Waals surface area contributed by atoms with Gasteiger partial charge in [0.15, 0.2) is 11.6 Å². The molecule has 12 heteroatoms. The van der Waals surface area contributed by atoms with Gasteiger partial charge in [0.2, 0.25) is 5.90 Å². The normalized spacial score (nSPS) is 16.4. The SMILES string of the molecule is [N-]=[N+]=NCc1ccccc1[C@H]1OC(c2ccc(OCCCO)cc2)=N[C@@]1(Cc1ccccc1N=[N+]=[N-])C(=O)NCc1cccc2ccccc12. The lowest BCUT2D eigenvalue weighted by atomic mass is 9.80. The Morgan fingerprint density at radius 1 is 0.880 bits per heavy atom. The van der Waals surface area contributed by atoms with Crippen molar-refractivity contribution in [2.75, 3.05) is 13.2 Å². The highest BCUT2D eigenvalue weighted by Gasteiger charge is 2.54. The number of fused-ring (bicyclic) bond motifs is 1. The molecule has 0 saturated carbocycles. The Kier molecular flexibility index (Phi) is 10.6. The van der Waals surface area contributed by atoms with E-state index in [4.69, 9.17) is 25.1 Å². The van der Waals surface area contributed by atoms with E-state index in [1.807, 2.05) is 72.8 Å². The van der Waals surface area contributed by atoms with Gasteiger partial charge in [-0.25, -0.2) is 4.99 Å². The number of aliphatic hydroxyl groups is 1. The van der Waals surface area contributed by atoms with Crippen molar-refractivity contribution in [3.05, 3.63) is 164 Å². The molecule has 2 atom stereocenters. The van der Waals surface area contributed by atoms with Crippen molar-refractivity contribution in [2.45, 2.75) is 37.6 Å². The van der Waals surface area contributed by atoms with Gasteiger partial charge in [0.25, 0.3) is 5.91 Å². The summed E-state index contributed by atoms with van der Waals surface area (Å²) in [6.45, 7) is 0.642. The fourth-order valence-electron chi connectivity index (χ4n) is 6.17. The summed E-state index contributed by atoms with van der Waals surface area (Å²) in [6.07, 6.45) is -0.437. The van der Waals surface area contributed by atoms with Gasteiger partial charge >= 0.3 is 0 Å². The molecular weight excluding hydrogens is 632 g/mol. The molecule has 0 radical (unpaired) electrons. The van der Waals surface area contributed by atoms with Crippen LogP contribution in [0.5, 0.6) is 5.75 Å². The minimum Gasteiger partial charge on any atom is -0.494 e. The molecular formula is C38H34N8O4. The van der Waals surface area contributed by atoms with Crippen molar-refractivity contribution in [3.8, 4) is 5.75 Å². The van der Waals surface area contributed by atoms with Crippen LogP contribution in [0.3, 0.4) is 0 Å². The molecule has 6 rings (SSSR count). The van der Waals surface area contributed by atoms with Crippen LogP contribution in [0.4, 0.5) is 5.69 Å². The maximum Gasteiger partial charge on any atom is 0.252 e. The Morgan fingerprint density at radius 2 is 1.60 bits per heavy atom. The van der Waals surface area contributed by atoms with Gasteiger partial charge in [-0.1, -0.05) is 101 Å². The summed E-state index contributed by atoms with van der Waals surface area (Å²) in [4.78, 5) is 26.0. The van der Waals surface area contributed by atoms with E-state index in [1.165, 1.54) is 0 Å². The van der Waals surface area contributed by atoms with Gasteiger partial charge < -0.3 is 19.9 Å². The number of carbonyl (C=O) groups is 1. The largest absolute Gasteiger partial charge is 0.494 e. The smallest absolute Gasteiger partial charge is 0.252 e. The Hall–Kier alpha value is -6.32. The number of ether oxygens (including phenoxy) is 2. The summed E-state index contributed by atoms with van der Waals surface area (Å²) in [5, 5.41) is 22.1. The molecule has 5 aromatic carbocycles. The summed E-state index contributed by atoms with van der Waals surface area (Å²) in [5.41, 5.74) is 20.8. The third-order valence-electron chi connectivity index (χ3n) is 8.60. The number of aliphatic hydroxyl groups excluding tert-OH is 1. The molecule has 0 bridgehead atoms. The van der Waals surface area contributed by atoms with E-state index in [9.17, 15) is 10.3 Å². The van der Waals surface area contributed by atoms with Crippen LogP contribution in [0.15, 0.2) is 130 Å². The molecule has 0 saturated heterocycles.